The maximum atomic E-state index is 12.2. The normalized spacial score (nSPS) is 11.5. The van der Waals surface area contributed by atoms with Gasteiger partial charge in [-0.15, -0.1) is 0 Å². The van der Waals surface area contributed by atoms with Crippen LogP contribution in [0.4, 0.5) is 0 Å². The number of H-pyrrole nitrogens is 2. The van der Waals surface area contributed by atoms with Crippen molar-refractivity contribution in [2.75, 3.05) is 13.2 Å². The quantitative estimate of drug-likeness (QED) is 0.485. The van der Waals surface area contributed by atoms with Crippen LogP contribution in [0.2, 0.25) is 0 Å². The van der Waals surface area contributed by atoms with Crippen molar-refractivity contribution >= 4 is 27.8 Å². The van der Waals surface area contributed by atoms with Gasteiger partial charge in [0.2, 0.25) is 0 Å². The summed E-state index contributed by atoms with van der Waals surface area (Å²) in [5, 5.41) is 2.37. The van der Waals surface area contributed by atoms with Gasteiger partial charge in [-0.3, -0.25) is 9.69 Å². The zero-order chi connectivity index (χ0) is 18.6. The number of fused-ring (bicyclic) bond motifs is 2. The van der Waals surface area contributed by atoms with E-state index in [2.05, 4.69) is 39.1 Å². The van der Waals surface area contributed by atoms with Gasteiger partial charge < -0.3 is 14.7 Å². The molecule has 0 unspecified atom stereocenters. The third-order valence-corrected chi connectivity index (χ3v) is 4.80. The minimum Gasteiger partial charge on any atom is -0.465 e. The Hall–Kier alpha value is -3.05. The highest BCUT2D eigenvalue weighted by Crippen LogP contribution is 2.23. The van der Waals surface area contributed by atoms with E-state index in [1.54, 1.807) is 0 Å². The van der Waals surface area contributed by atoms with Gasteiger partial charge >= 0.3 is 5.97 Å². The van der Waals surface area contributed by atoms with Crippen molar-refractivity contribution in [3.8, 4) is 0 Å². The molecule has 0 aliphatic rings. The van der Waals surface area contributed by atoms with E-state index in [-0.39, 0.29) is 12.5 Å². The van der Waals surface area contributed by atoms with Gasteiger partial charge in [0.05, 0.1) is 13.2 Å². The van der Waals surface area contributed by atoms with Crippen LogP contribution in [0.5, 0.6) is 0 Å². The summed E-state index contributed by atoms with van der Waals surface area (Å²) in [6.45, 7) is 3.83. The first kappa shape index (κ1) is 17.4. The Kier molecular flexibility index (Phi) is 4.94. The summed E-state index contributed by atoms with van der Waals surface area (Å²) >= 11 is 0. The van der Waals surface area contributed by atoms with Crippen LogP contribution in [0.1, 0.15) is 18.1 Å². The van der Waals surface area contributed by atoms with Crippen molar-refractivity contribution in [2.45, 2.75) is 20.0 Å². The minimum atomic E-state index is -0.197. The van der Waals surface area contributed by atoms with E-state index in [1.807, 2.05) is 43.6 Å². The first-order valence-electron chi connectivity index (χ1n) is 9.22. The van der Waals surface area contributed by atoms with Gasteiger partial charge in [0.25, 0.3) is 0 Å². The maximum Gasteiger partial charge on any atom is 0.320 e. The summed E-state index contributed by atoms with van der Waals surface area (Å²) in [7, 11) is 0. The molecule has 0 saturated heterocycles. The van der Waals surface area contributed by atoms with Gasteiger partial charge in [-0.05, 0) is 30.2 Å². The molecule has 0 fully saturated rings. The molecular weight excluding hydrogens is 338 g/mol. The highest BCUT2D eigenvalue weighted by Gasteiger charge is 2.16. The number of benzene rings is 2. The lowest BCUT2D eigenvalue weighted by Crippen LogP contribution is -2.30. The molecule has 4 rings (SSSR count). The van der Waals surface area contributed by atoms with Crippen LogP contribution in [0.25, 0.3) is 21.8 Å². The molecule has 27 heavy (non-hydrogen) atoms. The van der Waals surface area contributed by atoms with Crippen LogP contribution in [-0.4, -0.2) is 34.0 Å². The summed E-state index contributed by atoms with van der Waals surface area (Å²) in [6, 6.07) is 16.5. The van der Waals surface area contributed by atoms with Gasteiger partial charge in [0, 0.05) is 47.3 Å². The van der Waals surface area contributed by atoms with Gasteiger partial charge in [-0.25, -0.2) is 0 Å². The fourth-order valence-corrected chi connectivity index (χ4v) is 3.56. The third-order valence-electron chi connectivity index (χ3n) is 4.80. The summed E-state index contributed by atoms with van der Waals surface area (Å²) in [5.74, 6) is -0.197. The number of esters is 1. The molecule has 2 aromatic heterocycles. The zero-order valence-corrected chi connectivity index (χ0v) is 15.4. The number of para-hydroxylation sites is 2. The molecule has 0 spiro atoms. The molecule has 5 nitrogen and oxygen atoms in total. The molecule has 2 heterocycles. The first-order valence-corrected chi connectivity index (χ1v) is 9.22. The average Bonchev–Trinajstić information content (AvgIpc) is 3.27. The molecule has 0 aliphatic carbocycles. The Morgan fingerprint density at radius 1 is 0.889 bits per heavy atom. The lowest BCUT2D eigenvalue weighted by atomic mass is 10.1. The highest BCUT2D eigenvalue weighted by molar-refractivity contribution is 5.84. The molecule has 138 valence electrons. The molecular formula is C22H23N3O2. The lowest BCUT2D eigenvalue weighted by Gasteiger charge is -2.21. The number of nitrogens with one attached hydrogen (secondary N) is 2. The second-order valence-electron chi connectivity index (χ2n) is 6.67. The van der Waals surface area contributed by atoms with Crippen LogP contribution in [0.3, 0.4) is 0 Å². The van der Waals surface area contributed by atoms with Crippen molar-refractivity contribution in [1.29, 1.82) is 0 Å². The number of nitrogens with zero attached hydrogens (tertiary/aromatic N) is 1. The summed E-state index contributed by atoms with van der Waals surface area (Å²) in [6.07, 6.45) is 4.05. The van der Waals surface area contributed by atoms with E-state index < -0.39 is 0 Å². The van der Waals surface area contributed by atoms with Gasteiger partial charge in [0.1, 0.15) is 0 Å². The van der Waals surface area contributed by atoms with Crippen molar-refractivity contribution in [1.82, 2.24) is 14.9 Å². The second-order valence-corrected chi connectivity index (χ2v) is 6.67. The molecule has 0 atom stereocenters. The number of carbonyl (C=O) groups excluding carboxylic acids is 1. The fraction of sp³-hybridized carbons (Fsp3) is 0.227. The first-order chi connectivity index (χ1) is 13.2. The van der Waals surface area contributed by atoms with E-state index in [9.17, 15) is 4.79 Å². The summed E-state index contributed by atoms with van der Waals surface area (Å²) in [5.41, 5.74) is 4.57. The van der Waals surface area contributed by atoms with E-state index in [1.165, 1.54) is 21.9 Å². The van der Waals surface area contributed by atoms with Crippen molar-refractivity contribution in [3.63, 3.8) is 0 Å². The molecule has 5 heteroatoms. The van der Waals surface area contributed by atoms with Crippen molar-refractivity contribution in [3.05, 3.63) is 72.1 Å². The molecule has 0 saturated carbocycles. The van der Waals surface area contributed by atoms with Crippen molar-refractivity contribution in [2.24, 2.45) is 0 Å². The van der Waals surface area contributed by atoms with Crippen LogP contribution < -0.4 is 0 Å². The van der Waals surface area contributed by atoms with Crippen LogP contribution in [-0.2, 0) is 22.6 Å². The average molecular weight is 361 g/mol. The third kappa shape index (κ3) is 3.73. The predicted octanol–water partition coefficient (Wildman–Crippen LogP) is 4.21. The molecule has 0 radical (unpaired) electrons. The van der Waals surface area contributed by atoms with E-state index in [0.717, 1.165) is 11.0 Å². The number of hydrogen-bond acceptors (Lipinski definition) is 3. The van der Waals surface area contributed by atoms with Crippen LogP contribution >= 0.6 is 0 Å². The summed E-state index contributed by atoms with van der Waals surface area (Å²) in [4.78, 5) is 20.9. The fourth-order valence-electron chi connectivity index (χ4n) is 3.56. The predicted molar refractivity (Wildman–Crippen MR) is 107 cm³/mol. The Morgan fingerprint density at radius 3 is 1.93 bits per heavy atom. The monoisotopic (exact) mass is 361 g/mol. The number of rotatable bonds is 7. The number of hydrogen-bond donors (Lipinski definition) is 2. The number of ether oxygens (including phenoxy) is 1. The molecule has 2 N–H and O–H groups in total. The van der Waals surface area contributed by atoms with E-state index >= 15 is 0 Å². The number of aromatic amines is 2. The Labute approximate surface area is 157 Å². The van der Waals surface area contributed by atoms with Crippen molar-refractivity contribution < 1.29 is 9.53 Å². The Morgan fingerprint density at radius 2 is 1.41 bits per heavy atom. The SMILES string of the molecule is CCOC(=O)CN(Cc1c[nH]c2ccccc12)Cc1c[nH]c2ccccc12. The Bertz CT molecular complexity index is 987. The van der Waals surface area contributed by atoms with Gasteiger partial charge in [0.15, 0.2) is 0 Å². The van der Waals surface area contributed by atoms with Crippen LogP contribution in [0, 0.1) is 0 Å². The number of carbonyl (C=O) groups is 1. The molecule has 4 aromatic rings. The zero-order valence-electron chi connectivity index (χ0n) is 15.4. The van der Waals surface area contributed by atoms with Gasteiger partial charge in [-0.1, -0.05) is 36.4 Å². The largest absolute Gasteiger partial charge is 0.465 e. The smallest absolute Gasteiger partial charge is 0.320 e. The standard InChI is InChI=1S/C22H23N3O2/c1-2-27-22(26)15-25(13-16-11-23-20-9-5-3-7-18(16)20)14-17-12-24-21-10-6-4-8-19(17)21/h3-12,23-24H,2,13-15H2,1H3. The molecule has 2 aromatic carbocycles. The molecule has 0 bridgehead atoms. The highest BCUT2D eigenvalue weighted by atomic mass is 16.5. The topological polar surface area (TPSA) is 61.1 Å². The van der Waals surface area contributed by atoms with E-state index in [4.69, 9.17) is 4.74 Å². The minimum absolute atomic E-state index is 0.197. The van der Waals surface area contributed by atoms with Crippen LogP contribution in [0.15, 0.2) is 60.9 Å². The van der Waals surface area contributed by atoms with E-state index in [0.29, 0.717) is 19.7 Å². The summed E-state index contributed by atoms with van der Waals surface area (Å²) < 4.78 is 5.19. The molecule has 0 amide bonds. The number of aromatic nitrogens is 2. The Balaban J connectivity index is 1.61. The molecule has 0 aliphatic heterocycles. The maximum absolute atomic E-state index is 12.2. The second kappa shape index (κ2) is 7.68. The van der Waals surface area contributed by atoms with Gasteiger partial charge in [-0.2, -0.15) is 0 Å². The lowest BCUT2D eigenvalue weighted by molar-refractivity contribution is -0.144.